The predicted octanol–water partition coefficient (Wildman–Crippen LogP) is 7.47. The van der Waals surface area contributed by atoms with Crippen LogP contribution in [-0.2, 0) is 9.59 Å². The number of nitrogens with one attached hydrogen (secondary N) is 3. The van der Waals surface area contributed by atoms with Gasteiger partial charge >= 0.3 is 0 Å². The first-order valence-electron chi connectivity index (χ1n) is 20.5. The minimum absolute atomic E-state index is 0.0322. The van der Waals surface area contributed by atoms with Gasteiger partial charge in [-0.05, 0) is 119 Å². The van der Waals surface area contributed by atoms with Crippen molar-refractivity contribution in [1.82, 2.24) is 24.1 Å². The fraction of sp³-hybridized carbons (Fsp3) is 0.488. The summed E-state index contributed by atoms with van der Waals surface area (Å²) in [5, 5.41) is 5.57. The minimum Gasteiger partial charge on any atom is -0.451 e. The number of anilines is 3. The SMILES string of the molecule is CCCC(Nc1ccc(N2CC3(CC(N4CCC5(CC4)CC(n4cnc6ccc(Oc7c(F)ccc(NSN(C)CC)c7F)cc6c4=O)C5)C3)C2)c(F)c1)C(=O)NC=O. The lowest BCUT2D eigenvalue weighted by molar-refractivity contribution is -0.125. The van der Waals surface area contributed by atoms with E-state index in [0.29, 0.717) is 41.2 Å². The lowest BCUT2D eigenvalue weighted by atomic mass is 9.57. The van der Waals surface area contributed by atoms with E-state index in [4.69, 9.17) is 4.74 Å². The van der Waals surface area contributed by atoms with E-state index in [9.17, 15) is 18.8 Å². The molecular formula is C43H51F3N8O4S. The molecule has 2 saturated carbocycles. The molecule has 1 unspecified atom stereocenters. The fourth-order valence-corrected chi connectivity index (χ4v) is 10.1. The molecule has 8 rings (SSSR count). The van der Waals surface area contributed by atoms with Crippen LogP contribution in [0.3, 0.4) is 0 Å². The van der Waals surface area contributed by atoms with Crippen molar-refractivity contribution in [2.75, 3.05) is 54.7 Å². The van der Waals surface area contributed by atoms with Crippen LogP contribution in [0.2, 0.25) is 0 Å². The number of piperidine rings is 1. The molecule has 2 amide bonds. The van der Waals surface area contributed by atoms with Crippen LogP contribution in [0.1, 0.15) is 71.3 Å². The Morgan fingerprint density at radius 2 is 1.75 bits per heavy atom. The van der Waals surface area contributed by atoms with Gasteiger partial charge in [-0.2, -0.15) is 0 Å². The molecular weight excluding hydrogens is 782 g/mol. The molecule has 4 fully saturated rings. The van der Waals surface area contributed by atoms with Gasteiger partial charge in [0, 0.05) is 55.0 Å². The summed E-state index contributed by atoms with van der Waals surface area (Å²) in [4.78, 5) is 46.0. The Labute approximate surface area is 346 Å². The number of hydrogen-bond donors (Lipinski definition) is 3. The molecule has 4 aliphatic rings. The average molecular weight is 833 g/mol. The predicted molar refractivity (Wildman–Crippen MR) is 224 cm³/mol. The largest absolute Gasteiger partial charge is 0.451 e. The standard InChI is InChI=1S/C43H51F3N8O4S/c1-4-6-36(40(56)48-26-55)49-27-7-12-37(33(45)17-27)53-23-43(24-53)19-28(20-43)52-15-13-42(14-16-52)21-29(22-42)54-25-47-34-10-8-30(18-31(34)41(54)57)58-39-32(44)9-11-35(38(39)46)50-59-51(3)5-2/h7-12,17-18,25-26,28-29,36,49-50H,4-6,13-16,19-24H2,1-3H3,(H,48,55,56). The molecule has 0 radical (unpaired) electrons. The van der Waals surface area contributed by atoms with Gasteiger partial charge in [-0.15, -0.1) is 0 Å². The third-order valence-electron chi connectivity index (χ3n) is 13.0. The third-order valence-corrected chi connectivity index (χ3v) is 13.9. The van der Waals surface area contributed by atoms with Gasteiger partial charge in [-0.1, -0.05) is 20.3 Å². The maximum atomic E-state index is 15.3. The zero-order chi connectivity index (χ0) is 41.5. The number of hydrogen-bond acceptors (Lipinski definition) is 11. The highest BCUT2D eigenvalue weighted by atomic mass is 32.2. The Morgan fingerprint density at radius 1 is 1.00 bits per heavy atom. The molecule has 2 spiro atoms. The molecule has 3 heterocycles. The highest BCUT2D eigenvalue weighted by Crippen LogP contribution is 2.57. The van der Waals surface area contributed by atoms with Gasteiger partial charge in [0.2, 0.25) is 18.1 Å². The topological polar surface area (TPSA) is 124 Å². The lowest BCUT2D eigenvalue weighted by Gasteiger charge is -2.63. The molecule has 0 bridgehead atoms. The van der Waals surface area contributed by atoms with E-state index in [1.165, 1.54) is 30.3 Å². The maximum absolute atomic E-state index is 15.3. The number of carbonyl (C=O) groups is 2. The summed E-state index contributed by atoms with van der Waals surface area (Å²) in [5.74, 6) is -2.89. The lowest BCUT2D eigenvalue weighted by Crippen LogP contribution is -2.67. The van der Waals surface area contributed by atoms with Gasteiger partial charge in [-0.3, -0.25) is 24.3 Å². The Bertz CT molecular complexity index is 2270. The van der Waals surface area contributed by atoms with Gasteiger partial charge in [0.05, 0.1) is 28.6 Å². The number of imide groups is 1. The summed E-state index contributed by atoms with van der Waals surface area (Å²) in [5.41, 5.74) is 1.85. The van der Waals surface area contributed by atoms with E-state index >= 15 is 8.78 Å². The van der Waals surface area contributed by atoms with Crippen molar-refractivity contribution in [3.63, 3.8) is 0 Å². The Kier molecular flexibility index (Phi) is 11.6. The molecule has 2 aliphatic carbocycles. The van der Waals surface area contributed by atoms with E-state index in [0.717, 1.165) is 83.7 Å². The highest BCUT2D eigenvalue weighted by Gasteiger charge is 2.55. The van der Waals surface area contributed by atoms with Gasteiger partial charge in [0.15, 0.2) is 11.6 Å². The van der Waals surface area contributed by atoms with Crippen LogP contribution in [0.15, 0.2) is 59.7 Å². The van der Waals surface area contributed by atoms with E-state index in [1.807, 2.05) is 25.2 Å². The second kappa shape index (κ2) is 16.7. The number of nitrogens with zero attached hydrogens (tertiary/aromatic N) is 5. The van der Waals surface area contributed by atoms with E-state index in [1.54, 1.807) is 35.2 Å². The molecule has 4 aromatic rings. The molecule has 2 saturated heterocycles. The number of carbonyl (C=O) groups excluding carboxylic acids is 2. The van der Waals surface area contributed by atoms with Crippen molar-refractivity contribution in [2.45, 2.75) is 83.3 Å². The second-order valence-corrected chi connectivity index (χ2v) is 17.9. The number of ether oxygens (including phenoxy) is 1. The molecule has 2 aliphatic heterocycles. The summed E-state index contributed by atoms with van der Waals surface area (Å²) in [6.07, 6.45) is 9.39. The van der Waals surface area contributed by atoms with Crippen molar-refractivity contribution in [1.29, 1.82) is 0 Å². The Morgan fingerprint density at radius 3 is 2.44 bits per heavy atom. The molecule has 3 N–H and O–H groups in total. The zero-order valence-electron chi connectivity index (χ0n) is 33.6. The van der Waals surface area contributed by atoms with Crippen LogP contribution in [-0.4, -0.2) is 82.9 Å². The van der Waals surface area contributed by atoms with Crippen LogP contribution >= 0.6 is 12.1 Å². The molecule has 1 aromatic heterocycles. The molecule has 1 atom stereocenters. The van der Waals surface area contributed by atoms with E-state index in [-0.39, 0.29) is 39.7 Å². The van der Waals surface area contributed by atoms with Crippen LogP contribution in [0.25, 0.3) is 10.9 Å². The van der Waals surface area contributed by atoms with Crippen molar-refractivity contribution in [3.8, 4) is 11.5 Å². The summed E-state index contributed by atoms with van der Waals surface area (Å²) in [6, 6.07) is 12.1. The average Bonchev–Trinajstić information content (AvgIpc) is 3.18. The van der Waals surface area contributed by atoms with Gasteiger partial charge in [-0.25, -0.2) is 22.5 Å². The van der Waals surface area contributed by atoms with Crippen LogP contribution in [0, 0.1) is 28.3 Å². The highest BCUT2D eigenvalue weighted by molar-refractivity contribution is 7.98. The number of aromatic nitrogens is 2. The first-order valence-corrected chi connectivity index (χ1v) is 21.3. The summed E-state index contributed by atoms with van der Waals surface area (Å²) >= 11 is 1.18. The maximum Gasteiger partial charge on any atom is 0.261 e. The van der Waals surface area contributed by atoms with Crippen molar-refractivity contribution in [3.05, 3.63) is 82.7 Å². The number of benzene rings is 3. The first kappa shape index (κ1) is 41.0. The minimum atomic E-state index is -0.865. The Hall–Kier alpha value is -4.80. The first-order chi connectivity index (χ1) is 28.4. The van der Waals surface area contributed by atoms with Crippen LogP contribution < -0.4 is 30.6 Å². The summed E-state index contributed by atoms with van der Waals surface area (Å²) < 4.78 is 57.5. The smallest absolute Gasteiger partial charge is 0.261 e. The molecule has 59 heavy (non-hydrogen) atoms. The van der Waals surface area contributed by atoms with E-state index < -0.39 is 29.3 Å². The summed E-state index contributed by atoms with van der Waals surface area (Å²) in [6.45, 7) is 8.31. The summed E-state index contributed by atoms with van der Waals surface area (Å²) in [7, 11) is 1.84. The van der Waals surface area contributed by atoms with Gasteiger partial charge < -0.3 is 24.6 Å². The quantitative estimate of drug-likeness (QED) is 0.0817. The Balaban J connectivity index is 0.823. The number of likely N-dealkylation sites (tertiary alicyclic amines) is 1. The van der Waals surface area contributed by atoms with Crippen LogP contribution in [0.4, 0.5) is 30.2 Å². The number of rotatable bonds is 15. The van der Waals surface area contributed by atoms with Crippen molar-refractivity contribution >= 4 is 52.4 Å². The number of halogens is 3. The molecule has 3 aromatic carbocycles. The molecule has 12 nitrogen and oxygen atoms in total. The monoisotopic (exact) mass is 832 g/mol. The van der Waals surface area contributed by atoms with Crippen molar-refractivity contribution < 1.29 is 27.5 Å². The van der Waals surface area contributed by atoms with E-state index in [2.05, 4.69) is 30.1 Å². The second-order valence-electron chi connectivity index (χ2n) is 16.9. The normalized spacial score (nSPS) is 19.3. The zero-order valence-corrected chi connectivity index (χ0v) is 34.4. The van der Waals surface area contributed by atoms with Crippen LogP contribution in [0.5, 0.6) is 11.5 Å². The third kappa shape index (κ3) is 8.23. The number of fused-ring (bicyclic) bond motifs is 1. The van der Waals surface area contributed by atoms with Gasteiger partial charge in [0.25, 0.3) is 5.56 Å². The molecule has 16 heteroatoms. The molecule has 314 valence electrons. The fourth-order valence-electron chi connectivity index (χ4n) is 9.52. The van der Waals surface area contributed by atoms with Gasteiger partial charge in [0.1, 0.15) is 17.6 Å². The number of amides is 2. The van der Waals surface area contributed by atoms with Crippen molar-refractivity contribution in [2.24, 2.45) is 10.8 Å².